The number of Topliss-reactive ketones (excluding diaryl/α,β-unsaturated/α-hetero) is 1. The van der Waals surface area contributed by atoms with Gasteiger partial charge in [0.25, 0.3) is 0 Å². The normalized spacial score (nSPS) is 15.0. The summed E-state index contributed by atoms with van der Waals surface area (Å²) in [5, 5.41) is 0. The van der Waals surface area contributed by atoms with E-state index in [1.54, 1.807) is 18.3 Å². The van der Waals surface area contributed by atoms with Gasteiger partial charge < -0.3 is 4.74 Å². The third-order valence-corrected chi connectivity index (χ3v) is 4.31. The Bertz CT molecular complexity index is 625. The molecule has 3 rings (SSSR count). The van der Waals surface area contributed by atoms with Crippen LogP contribution < -0.4 is 4.74 Å². The molecular weight excluding hydrogens is 274 g/mol. The summed E-state index contributed by atoms with van der Waals surface area (Å²) in [4.78, 5) is 15.8. The average Bonchev–Trinajstić information content (AvgIpc) is 3.10. The molecule has 1 aliphatic carbocycles. The molecule has 1 fully saturated rings. The van der Waals surface area contributed by atoms with Crippen LogP contribution in [0.15, 0.2) is 42.6 Å². The van der Waals surface area contributed by atoms with Crippen LogP contribution in [0.2, 0.25) is 0 Å². The second-order valence-corrected chi connectivity index (χ2v) is 5.81. The largest absolute Gasteiger partial charge is 0.439 e. The zero-order chi connectivity index (χ0) is 15.4. The van der Waals surface area contributed by atoms with Gasteiger partial charge in [0.05, 0.1) is 0 Å². The molecule has 1 aromatic carbocycles. The standard InChI is InChI=1S/C19H21NO2/c1-2-18(21)16-9-12-19(20-13-16)22-17-10-7-15(8-11-17)14-5-3-4-6-14/h7-14H,2-6H2,1H3. The van der Waals surface area contributed by atoms with Gasteiger partial charge >= 0.3 is 0 Å². The molecule has 0 radical (unpaired) electrons. The maximum atomic E-state index is 11.6. The Morgan fingerprint density at radius 2 is 1.86 bits per heavy atom. The van der Waals surface area contributed by atoms with Crippen molar-refractivity contribution >= 4 is 5.78 Å². The first-order valence-corrected chi connectivity index (χ1v) is 8.03. The van der Waals surface area contributed by atoms with Gasteiger partial charge in [0.1, 0.15) is 5.75 Å². The lowest BCUT2D eigenvalue weighted by Crippen LogP contribution is -1.98. The molecule has 22 heavy (non-hydrogen) atoms. The molecular formula is C19H21NO2. The number of hydrogen-bond donors (Lipinski definition) is 0. The molecule has 1 saturated carbocycles. The minimum absolute atomic E-state index is 0.0972. The van der Waals surface area contributed by atoms with Crippen molar-refractivity contribution in [3.8, 4) is 11.6 Å². The lowest BCUT2D eigenvalue weighted by molar-refractivity contribution is 0.0988. The maximum Gasteiger partial charge on any atom is 0.219 e. The van der Waals surface area contributed by atoms with Gasteiger partial charge in [0, 0.05) is 24.2 Å². The first-order valence-electron chi connectivity index (χ1n) is 8.03. The number of pyridine rings is 1. The second-order valence-electron chi connectivity index (χ2n) is 5.81. The van der Waals surface area contributed by atoms with Crippen molar-refractivity contribution in [1.82, 2.24) is 4.98 Å². The SMILES string of the molecule is CCC(=O)c1ccc(Oc2ccc(C3CCCC3)cc2)nc1. The van der Waals surface area contributed by atoms with E-state index in [1.165, 1.54) is 31.2 Å². The number of carbonyl (C=O) groups is 1. The third kappa shape index (κ3) is 3.35. The molecule has 0 unspecified atom stereocenters. The summed E-state index contributed by atoms with van der Waals surface area (Å²) in [5.74, 6) is 2.11. The van der Waals surface area contributed by atoms with E-state index in [-0.39, 0.29) is 5.78 Å². The number of rotatable bonds is 5. The van der Waals surface area contributed by atoms with Crippen LogP contribution in [0, 0.1) is 0 Å². The highest BCUT2D eigenvalue weighted by molar-refractivity contribution is 5.95. The van der Waals surface area contributed by atoms with Crippen molar-refractivity contribution in [3.63, 3.8) is 0 Å². The highest BCUT2D eigenvalue weighted by Gasteiger charge is 2.16. The molecule has 0 bridgehead atoms. The lowest BCUT2D eigenvalue weighted by Gasteiger charge is -2.10. The monoisotopic (exact) mass is 295 g/mol. The summed E-state index contributed by atoms with van der Waals surface area (Å²) < 4.78 is 5.74. The van der Waals surface area contributed by atoms with E-state index in [9.17, 15) is 4.79 Å². The van der Waals surface area contributed by atoms with Gasteiger partial charge in [-0.05, 0) is 42.5 Å². The lowest BCUT2D eigenvalue weighted by atomic mass is 9.98. The first kappa shape index (κ1) is 14.8. The zero-order valence-corrected chi connectivity index (χ0v) is 12.9. The Morgan fingerprint density at radius 1 is 1.14 bits per heavy atom. The number of aromatic nitrogens is 1. The highest BCUT2D eigenvalue weighted by Crippen LogP contribution is 2.34. The van der Waals surface area contributed by atoms with Crippen LogP contribution in [-0.4, -0.2) is 10.8 Å². The summed E-state index contributed by atoms with van der Waals surface area (Å²) in [7, 11) is 0. The van der Waals surface area contributed by atoms with Gasteiger partial charge in [-0.3, -0.25) is 4.79 Å². The highest BCUT2D eigenvalue weighted by atomic mass is 16.5. The topological polar surface area (TPSA) is 39.2 Å². The van der Waals surface area contributed by atoms with Crippen LogP contribution in [-0.2, 0) is 0 Å². The van der Waals surface area contributed by atoms with Crippen molar-refractivity contribution in [1.29, 1.82) is 0 Å². The number of benzene rings is 1. The van der Waals surface area contributed by atoms with Crippen LogP contribution in [0.3, 0.4) is 0 Å². The number of hydrogen-bond acceptors (Lipinski definition) is 3. The van der Waals surface area contributed by atoms with Crippen molar-refractivity contribution in [2.75, 3.05) is 0 Å². The fourth-order valence-electron chi connectivity index (χ4n) is 3.00. The van der Waals surface area contributed by atoms with Crippen molar-refractivity contribution in [2.45, 2.75) is 44.9 Å². The minimum Gasteiger partial charge on any atom is -0.439 e. The molecule has 3 nitrogen and oxygen atoms in total. The van der Waals surface area contributed by atoms with Crippen molar-refractivity contribution in [3.05, 3.63) is 53.7 Å². The Hall–Kier alpha value is -2.16. The van der Waals surface area contributed by atoms with Gasteiger partial charge in [-0.2, -0.15) is 0 Å². The number of ether oxygens (including phenoxy) is 1. The number of carbonyl (C=O) groups excluding carboxylic acids is 1. The number of nitrogens with zero attached hydrogens (tertiary/aromatic N) is 1. The first-order chi connectivity index (χ1) is 10.8. The van der Waals surface area contributed by atoms with Crippen molar-refractivity contribution in [2.24, 2.45) is 0 Å². The van der Waals surface area contributed by atoms with Gasteiger partial charge in [-0.25, -0.2) is 4.98 Å². The van der Waals surface area contributed by atoms with Crippen molar-refractivity contribution < 1.29 is 9.53 Å². The molecule has 0 spiro atoms. The summed E-state index contributed by atoms with van der Waals surface area (Å²) in [5.41, 5.74) is 2.04. The molecule has 1 heterocycles. The molecule has 1 aromatic heterocycles. The summed E-state index contributed by atoms with van der Waals surface area (Å²) in [6.45, 7) is 1.85. The van der Waals surface area contributed by atoms with E-state index in [0.29, 0.717) is 23.8 Å². The second kappa shape index (κ2) is 6.73. The van der Waals surface area contributed by atoms with Crippen LogP contribution in [0.25, 0.3) is 0 Å². The Morgan fingerprint density at radius 3 is 2.45 bits per heavy atom. The van der Waals surface area contributed by atoms with E-state index in [0.717, 1.165) is 5.75 Å². The Labute approximate surface area is 131 Å². The molecule has 0 amide bonds. The fourth-order valence-corrected chi connectivity index (χ4v) is 3.00. The average molecular weight is 295 g/mol. The molecule has 0 saturated heterocycles. The Kier molecular flexibility index (Phi) is 4.52. The van der Waals surface area contributed by atoms with E-state index in [2.05, 4.69) is 17.1 Å². The molecule has 0 atom stereocenters. The quantitative estimate of drug-likeness (QED) is 0.718. The molecule has 3 heteroatoms. The fraction of sp³-hybridized carbons (Fsp3) is 0.368. The van der Waals surface area contributed by atoms with Gasteiger partial charge in [-0.15, -0.1) is 0 Å². The van der Waals surface area contributed by atoms with E-state index < -0.39 is 0 Å². The zero-order valence-electron chi connectivity index (χ0n) is 12.9. The van der Waals surface area contributed by atoms with Gasteiger partial charge in [0.15, 0.2) is 5.78 Å². The minimum atomic E-state index is 0.0972. The van der Waals surface area contributed by atoms with Crippen LogP contribution >= 0.6 is 0 Å². The third-order valence-electron chi connectivity index (χ3n) is 4.31. The molecule has 0 N–H and O–H groups in total. The predicted octanol–water partition coefficient (Wildman–Crippen LogP) is 5.12. The number of ketones is 1. The predicted molar refractivity (Wildman–Crippen MR) is 86.6 cm³/mol. The summed E-state index contributed by atoms with van der Waals surface area (Å²) >= 11 is 0. The Balaban J connectivity index is 1.66. The van der Waals surface area contributed by atoms with Crippen LogP contribution in [0.1, 0.15) is 60.9 Å². The van der Waals surface area contributed by atoms with E-state index in [1.807, 2.05) is 19.1 Å². The van der Waals surface area contributed by atoms with Gasteiger partial charge in [-0.1, -0.05) is 31.9 Å². The molecule has 1 aliphatic rings. The van der Waals surface area contributed by atoms with E-state index in [4.69, 9.17) is 4.74 Å². The van der Waals surface area contributed by atoms with Gasteiger partial charge in [0.2, 0.25) is 5.88 Å². The van der Waals surface area contributed by atoms with Crippen LogP contribution in [0.5, 0.6) is 11.6 Å². The smallest absolute Gasteiger partial charge is 0.219 e. The summed E-state index contributed by atoms with van der Waals surface area (Å²) in [6, 6.07) is 11.8. The van der Waals surface area contributed by atoms with E-state index >= 15 is 0 Å². The molecule has 2 aromatic rings. The summed E-state index contributed by atoms with van der Waals surface area (Å²) in [6.07, 6.45) is 7.35. The van der Waals surface area contributed by atoms with Crippen LogP contribution in [0.4, 0.5) is 0 Å². The maximum absolute atomic E-state index is 11.6. The molecule has 0 aliphatic heterocycles. The molecule has 114 valence electrons.